The molecular weight excluding hydrogens is 241 g/mol. The minimum atomic E-state index is -0.370. The van der Waals surface area contributed by atoms with Crippen LogP contribution < -0.4 is 5.73 Å². The summed E-state index contributed by atoms with van der Waals surface area (Å²) < 4.78 is 15.2. The normalized spacial score (nSPS) is 11.1. The number of hydrogen-bond donors (Lipinski definition) is 1. The fourth-order valence-electron chi connectivity index (χ4n) is 2.16. The molecule has 0 radical (unpaired) electrons. The molecule has 0 saturated heterocycles. The van der Waals surface area contributed by atoms with Gasteiger partial charge < -0.3 is 5.73 Å². The highest BCUT2D eigenvalue weighted by Gasteiger charge is 2.13. The maximum Gasteiger partial charge on any atom is 0.175 e. The topological polar surface area (TPSA) is 43.3 Å². The third kappa shape index (κ3) is 1.85. The van der Waals surface area contributed by atoms with Crippen molar-refractivity contribution >= 4 is 11.5 Å². The zero-order chi connectivity index (χ0) is 13.4. The Bertz CT molecular complexity index is 729. The molecule has 0 fully saturated rings. The molecule has 0 spiro atoms. The van der Waals surface area contributed by atoms with Crippen LogP contribution in [-0.4, -0.2) is 9.38 Å². The van der Waals surface area contributed by atoms with Crippen molar-refractivity contribution in [3.05, 3.63) is 54.0 Å². The van der Waals surface area contributed by atoms with Crippen LogP contribution in [0.25, 0.3) is 16.9 Å². The Morgan fingerprint density at radius 2 is 1.95 bits per heavy atom. The summed E-state index contributed by atoms with van der Waals surface area (Å²) in [4.78, 5) is 4.30. The van der Waals surface area contributed by atoms with E-state index < -0.39 is 0 Å². The molecule has 0 amide bonds. The van der Waals surface area contributed by atoms with Gasteiger partial charge in [-0.05, 0) is 24.1 Å². The Kier molecular flexibility index (Phi) is 2.71. The molecule has 2 aromatic heterocycles. The van der Waals surface area contributed by atoms with Crippen LogP contribution in [0.5, 0.6) is 0 Å². The summed E-state index contributed by atoms with van der Waals surface area (Å²) >= 11 is 0. The smallest absolute Gasteiger partial charge is 0.175 e. The van der Waals surface area contributed by atoms with Gasteiger partial charge in [0.1, 0.15) is 11.5 Å². The van der Waals surface area contributed by atoms with E-state index in [9.17, 15) is 4.39 Å². The average Bonchev–Trinajstić information content (AvgIpc) is 2.78. The summed E-state index contributed by atoms with van der Waals surface area (Å²) in [6.45, 7) is 2.10. The van der Waals surface area contributed by atoms with E-state index in [1.807, 2.05) is 24.3 Å². The quantitative estimate of drug-likeness (QED) is 0.763. The lowest BCUT2D eigenvalue weighted by molar-refractivity contribution is 0.630. The second kappa shape index (κ2) is 4.39. The molecular formula is C15H14FN3. The van der Waals surface area contributed by atoms with E-state index in [0.717, 1.165) is 12.0 Å². The van der Waals surface area contributed by atoms with Gasteiger partial charge in [-0.2, -0.15) is 0 Å². The molecule has 3 aromatic rings. The minimum Gasteiger partial charge on any atom is -0.383 e. The minimum absolute atomic E-state index is 0.259. The highest BCUT2D eigenvalue weighted by molar-refractivity contribution is 5.75. The van der Waals surface area contributed by atoms with E-state index in [1.165, 1.54) is 11.6 Å². The molecule has 0 atom stereocenters. The van der Waals surface area contributed by atoms with Gasteiger partial charge in [0.2, 0.25) is 0 Å². The number of aryl methyl sites for hydroxylation is 1. The number of halogens is 1. The van der Waals surface area contributed by atoms with Gasteiger partial charge in [0, 0.05) is 11.8 Å². The predicted molar refractivity (Wildman–Crippen MR) is 74.4 cm³/mol. The van der Waals surface area contributed by atoms with Crippen LogP contribution in [0.4, 0.5) is 10.2 Å². The van der Waals surface area contributed by atoms with Crippen LogP contribution in [0, 0.1) is 5.82 Å². The van der Waals surface area contributed by atoms with Crippen molar-refractivity contribution < 1.29 is 4.39 Å². The zero-order valence-electron chi connectivity index (χ0n) is 10.6. The molecule has 1 aromatic carbocycles. The molecule has 3 nitrogen and oxygen atoms in total. The van der Waals surface area contributed by atoms with Crippen molar-refractivity contribution in [1.29, 1.82) is 0 Å². The predicted octanol–water partition coefficient (Wildman–Crippen LogP) is 3.29. The molecule has 0 aliphatic rings. The molecule has 4 heteroatoms. The summed E-state index contributed by atoms with van der Waals surface area (Å²) in [6.07, 6.45) is 2.69. The van der Waals surface area contributed by atoms with Crippen molar-refractivity contribution in [2.75, 3.05) is 5.73 Å². The van der Waals surface area contributed by atoms with E-state index in [1.54, 1.807) is 16.7 Å². The standard InChI is InChI=1S/C15H14FN3/c1-2-10-5-7-11(8-6-10)13-14(17)19-9-3-4-12(16)15(19)18-13/h3-9H,2,17H2,1H3. The van der Waals surface area contributed by atoms with Crippen LogP contribution in [0.3, 0.4) is 0 Å². The van der Waals surface area contributed by atoms with E-state index in [2.05, 4.69) is 11.9 Å². The molecule has 2 N–H and O–H groups in total. The summed E-state index contributed by atoms with van der Waals surface area (Å²) in [5.41, 5.74) is 9.07. The summed E-state index contributed by atoms with van der Waals surface area (Å²) in [5, 5.41) is 0. The largest absolute Gasteiger partial charge is 0.383 e. The Labute approximate surface area is 110 Å². The van der Waals surface area contributed by atoms with Crippen molar-refractivity contribution in [3.63, 3.8) is 0 Å². The Morgan fingerprint density at radius 3 is 2.58 bits per heavy atom. The Hall–Kier alpha value is -2.36. The zero-order valence-corrected chi connectivity index (χ0v) is 10.6. The first kappa shape index (κ1) is 11.7. The molecule has 0 bridgehead atoms. The van der Waals surface area contributed by atoms with Gasteiger partial charge in [0.25, 0.3) is 0 Å². The lowest BCUT2D eigenvalue weighted by Crippen LogP contribution is -1.94. The van der Waals surface area contributed by atoms with E-state index in [0.29, 0.717) is 11.5 Å². The molecule has 3 rings (SSSR count). The van der Waals surface area contributed by atoms with Crippen LogP contribution in [0.15, 0.2) is 42.6 Å². The highest BCUT2D eigenvalue weighted by atomic mass is 19.1. The third-order valence-corrected chi connectivity index (χ3v) is 3.27. The molecule has 96 valence electrons. The van der Waals surface area contributed by atoms with Gasteiger partial charge in [-0.1, -0.05) is 31.2 Å². The highest BCUT2D eigenvalue weighted by Crippen LogP contribution is 2.27. The third-order valence-electron chi connectivity index (χ3n) is 3.27. The number of anilines is 1. The van der Waals surface area contributed by atoms with Crippen molar-refractivity contribution in [2.45, 2.75) is 13.3 Å². The number of hydrogen-bond acceptors (Lipinski definition) is 2. The fraction of sp³-hybridized carbons (Fsp3) is 0.133. The van der Waals surface area contributed by atoms with Crippen LogP contribution in [0.1, 0.15) is 12.5 Å². The number of nitrogens with zero attached hydrogens (tertiary/aromatic N) is 2. The number of fused-ring (bicyclic) bond motifs is 1. The lowest BCUT2D eigenvalue weighted by Gasteiger charge is -2.01. The van der Waals surface area contributed by atoms with Crippen LogP contribution in [0.2, 0.25) is 0 Å². The number of aromatic nitrogens is 2. The molecule has 0 unspecified atom stereocenters. The van der Waals surface area contributed by atoms with Gasteiger partial charge in [0.15, 0.2) is 11.5 Å². The molecule has 0 saturated carbocycles. The Balaban J connectivity index is 2.19. The van der Waals surface area contributed by atoms with Gasteiger partial charge in [-0.25, -0.2) is 9.37 Å². The van der Waals surface area contributed by atoms with Gasteiger partial charge in [0.05, 0.1) is 0 Å². The fourth-order valence-corrected chi connectivity index (χ4v) is 2.16. The van der Waals surface area contributed by atoms with Gasteiger partial charge in [-0.3, -0.25) is 4.40 Å². The second-order valence-electron chi connectivity index (χ2n) is 4.45. The maximum atomic E-state index is 13.7. The summed E-state index contributed by atoms with van der Waals surface area (Å²) in [5.74, 6) is 0.0874. The second-order valence-corrected chi connectivity index (χ2v) is 4.45. The van der Waals surface area contributed by atoms with Crippen LogP contribution in [-0.2, 0) is 6.42 Å². The van der Waals surface area contributed by atoms with E-state index in [4.69, 9.17) is 5.73 Å². The molecule has 0 aliphatic heterocycles. The van der Waals surface area contributed by atoms with Crippen LogP contribution >= 0.6 is 0 Å². The maximum absolute atomic E-state index is 13.7. The monoisotopic (exact) mass is 255 g/mol. The lowest BCUT2D eigenvalue weighted by atomic mass is 10.1. The molecule has 0 aliphatic carbocycles. The first-order valence-electron chi connectivity index (χ1n) is 6.22. The summed E-state index contributed by atoms with van der Waals surface area (Å²) in [7, 11) is 0. The van der Waals surface area contributed by atoms with Crippen molar-refractivity contribution in [1.82, 2.24) is 9.38 Å². The molecule has 19 heavy (non-hydrogen) atoms. The number of rotatable bonds is 2. The number of pyridine rings is 1. The van der Waals surface area contributed by atoms with Gasteiger partial charge in [-0.15, -0.1) is 0 Å². The first-order valence-corrected chi connectivity index (χ1v) is 6.22. The number of nitrogens with two attached hydrogens (primary N) is 1. The summed E-state index contributed by atoms with van der Waals surface area (Å²) in [6, 6.07) is 11.0. The number of nitrogen functional groups attached to an aromatic ring is 1. The number of benzene rings is 1. The average molecular weight is 255 g/mol. The SMILES string of the molecule is CCc1ccc(-c2nc3c(F)cccn3c2N)cc1. The van der Waals surface area contributed by atoms with Crippen molar-refractivity contribution in [2.24, 2.45) is 0 Å². The van der Waals surface area contributed by atoms with E-state index in [-0.39, 0.29) is 11.5 Å². The van der Waals surface area contributed by atoms with E-state index >= 15 is 0 Å². The first-order chi connectivity index (χ1) is 9.20. The molecule has 2 heterocycles. The van der Waals surface area contributed by atoms with Gasteiger partial charge >= 0.3 is 0 Å². The number of imidazole rings is 1. The van der Waals surface area contributed by atoms with Crippen molar-refractivity contribution in [3.8, 4) is 11.3 Å². The Morgan fingerprint density at radius 1 is 1.21 bits per heavy atom.